The summed E-state index contributed by atoms with van der Waals surface area (Å²) in [6.07, 6.45) is -2.57. The van der Waals surface area contributed by atoms with Gasteiger partial charge in [-0.3, -0.25) is 14.3 Å². The number of ether oxygens (including phenoxy) is 4. The predicted octanol–water partition coefficient (Wildman–Crippen LogP) is -1.47. The lowest BCUT2D eigenvalue weighted by molar-refractivity contribution is -0.0862. The third-order valence-electron chi connectivity index (χ3n) is 4.03. The fourth-order valence-electron chi connectivity index (χ4n) is 2.66. The summed E-state index contributed by atoms with van der Waals surface area (Å²) in [4.78, 5) is 25.8. The summed E-state index contributed by atoms with van der Waals surface area (Å²) in [6.45, 7) is 4.95. The monoisotopic (exact) mass is 374 g/mol. The van der Waals surface area contributed by atoms with Gasteiger partial charge in [-0.2, -0.15) is 0 Å². The van der Waals surface area contributed by atoms with Crippen LogP contribution in [0.25, 0.3) is 0 Å². The van der Waals surface area contributed by atoms with E-state index in [1.54, 1.807) is 6.92 Å². The number of aliphatic hydroxyl groups is 2. The van der Waals surface area contributed by atoms with E-state index in [1.807, 2.05) is 6.92 Å². The maximum Gasteiger partial charge on any atom is 0.330 e. The summed E-state index contributed by atoms with van der Waals surface area (Å²) in [5.74, 6) is 0. The van der Waals surface area contributed by atoms with E-state index in [1.165, 1.54) is 6.20 Å². The van der Waals surface area contributed by atoms with Crippen LogP contribution in [0, 0.1) is 6.92 Å². The highest BCUT2D eigenvalue weighted by Crippen LogP contribution is 2.30. The lowest BCUT2D eigenvalue weighted by atomic mass is 10.1. The van der Waals surface area contributed by atoms with Gasteiger partial charge in [0.05, 0.1) is 33.0 Å². The van der Waals surface area contributed by atoms with Crippen LogP contribution in [0.2, 0.25) is 0 Å². The van der Waals surface area contributed by atoms with Crippen LogP contribution in [0.3, 0.4) is 0 Å². The van der Waals surface area contributed by atoms with Gasteiger partial charge in [0.2, 0.25) is 0 Å². The summed E-state index contributed by atoms with van der Waals surface area (Å²) in [5, 5.41) is 19.7. The van der Waals surface area contributed by atoms with Crippen LogP contribution in [0.15, 0.2) is 15.8 Å². The predicted molar refractivity (Wildman–Crippen MR) is 90.1 cm³/mol. The molecule has 10 heteroatoms. The van der Waals surface area contributed by atoms with E-state index in [0.29, 0.717) is 25.4 Å². The standard InChI is InChI=1S/C16H26N2O8/c1-3-23-4-5-24-6-7-25-13-12(20)11(9-19)26-15(13)18-8-10(2)14(21)17-16(18)22/h8,11-13,15,19-20H,3-7,9H2,1-2H3,(H,17,21,22)/t11-,12-,13-,15-/m1/s1. The Bertz CT molecular complexity index is 673. The van der Waals surface area contributed by atoms with E-state index in [2.05, 4.69) is 4.98 Å². The zero-order valence-corrected chi connectivity index (χ0v) is 14.9. The number of aryl methyl sites for hydroxylation is 1. The average molecular weight is 374 g/mol. The van der Waals surface area contributed by atoms with E-state index in [0.717, 1.165) is 4.57 Å². The Balaban J connectivity index is 2.03. The van der Waals surface area contributed by atoms with E-state index in [-0.39, 0.29) is 13.2 Å². The first-order valence-corrected chi connectivity index (χ1v) is 8.53. The number of aromatic nitrogens is 2. The number of hydrogen-bond donors (Lipinski definition) is 3. The van der Waals surface area contributed by atoms with Crippen molar-refractivity contribution >= 4 is 0 Å². The molecule has 0 aliphatic carbocycles. The van der Waals surface area contributed by atoms with Gasteiger partial charge in [-0.15, -0.1) is 0 Å². The molecule has 2 heterocycles. The fraction of sp³-hybridized carbons (Fsp3) is 0.750. The van der Waals surface area contributed by atoms with Crippen LogP contribution in [0.1, 0.15) is 18.7 Å². The lowest BCUT2D eigenvalue weighted by Crippen LogP contribution is -2.40. The molecular weight excluding hydrogens is 348 g/mol. The summed E-state index contributed by atoms with van der Waals surface area (Å²) in [7, 11) is 0. The van der Waals surface area contributed by atoms with Crippen molar-refractivity contribution in [3.63, 3.8) is 0 Å². The molecule has 0 amide bonds. The number of aliphatic hydroxyl groups excluding tert-OH is 2. The molecular formula is C16H26N2O8. The quantitative estimate of drug-likeness (QED) is 0.423. The maximum absolute atomic E-state index is 12.1. The van der Waals surface area contributed by atoms with Crippen molar-refractivity contribution in [2.24, 2.45) is 0 Å². The van der Waals surface area contributed by atoms with Gasteiger partial charge in [-0.05, 0) is 13.8 Å². The summed E-state index contributed by atoms with van der Waals surface area (Å²) < 4.78 is 22.8. The number of aromatic amines is 1. The van der Waals surface area contributed by atoms with Crippen molar-refractivity contribution in [3.05, 3.63) is 32.6 Å². The van der Waals surface area contributed by atoms with E-state index in [4.69, 9.17) is 18.9 Å². The Hall–Kier alpha value is -1.56. The molecule has 4 atom stereocenters. The first-order valence-electron chi connectivity index (χ1n) is 8.53. The summed E-state index contributed by atoms with van der Waals surface area (Å²) in [6, 6.07) is 0. The molecule has 1 aliphatic rings. The van der Waals surface area contributed by atoms with Gasteiger partial charge in [-0.25, -0.2) is 4.79 Å². The molecule has 1 aliphatic heterocycles. The van der Waals surface area contributed by atoms with Gasteiger partial charge in [0.25, 0.3) is 5.56 Å². The minimum Gasteiger partial charge on any atom is -0.394 e. The SMILES string of the molecule is CCOCCOCCO[C@@H]1[C@H](O)[C@@H](CO)O[C@H]1n1cc(C)c(=O)[nH]c1=O. The molecule has 3 N–H and O–H groups in total. The molecule has 1 saturated heterocycles. The number of nitrogens with one attached hydrogen (secondary N) is 1. The minimum absolute atomic E-state index is 0.156. The second kappa shape index (κ2) is 9.95. The number of H-pyrrole nitrogens is 1. The molecule has 148 valence electrons. The zero-order chi connectivity index (χ0) is 19.1. The zero-order valence-electron chi connectivity index (χ0n) is 14.9. The average Bonchev–Trinajstić information content (AvgIpc) is 2.93. The van der Waals surface area contributed by atoms with Crippen molar-refractivity contribution in [3.8, 4) is 0 Å². The highest BCUT2D eigenvalue weighted by molar-refractivity contribution is 5.03. The van der Waals surface area contributed by atoms with Gasteiger partial charge in [0, 0.05) is 18.4 Å². The molecule has 1 fully saturated rings. The highest BCUT2D eigenvalue weighted by atomic mass is 16.6. The summed E-state index contributed by atoms with van der Waals surface area (Å²) in [5.41, 5.74) is -0.866. The van der Waals surface area contributed by atoms with Crippen LogP contribution >= 0.6 is 0 Å². The third kappa shape index (κ3) is 5.00. The third-order valence-corrected chi connectivity index (χ3v) is 4.03. The smallest absolute Gasteiger partial charge is 0.330 e. The molecule has 10 nitrogen and oxygen atoms in total. The molecule has 1 aromatic rings. The van der Waals surface area contributed by atoms with Crippen LogP contribution in [0.5, 0.6) is 0 Å². The van der Waals surface area contributed by atoms with Crippen LogP contribution in [0.4, 0.5) is 0 Å². The van der Waals surface area contributed by atoms with Crippen molar-refractivity contribution in [2.45, 2.75) is 38.4 Å². The number of nitrogens with zero attached hydrogens (tertiary/aromatic N) is 1. The van der Waals surface area contributed by atoms with Gasteiger partial charge in [0.15, 0.2) is 6.23 Å². The van der Waals surface area contributed by atoms with Crippen molar-refractivity contribution in [1.82, 2.24) is 9.55 Å². The van der Waals surface area contributed by atoms with Gasteiger partial charge in [-0.1, -0.05) is 0 Å². The Morgan fingerprint density at radius 3 is 2.62 bits per heavy atom. The molecule has 26 heavy (non-hydrogen) atoms. The Labute approximate surface area is 150 Å². The Kier molecular flexibility index (Phi) is 7.94. The largest absolute Gasteiger partial charge is 0.394 e. The Morgan fingerprint density at radius 2 is 1.92 bits per heavy atom. The summed E-state index contributed by atoms with van der Waals surface area (Å²) >= 11 is 0. The highest BCUT2D eigenvalue weighted by Gasteiger charge is 2.45. The van der Waals surface area contributed by atoms with Crippen LogP contribution < -0.4 is 11.2 Å². The first-order chi connectivity index (χ1) is 12.5. The van der Waals surface area contributed by atoms with E-state index >= 15 is 0 Å². The molecule has 0 spiro atoms. The minimum atomic E-state index is -1.13. The first kappa shape index (κ1) is 20.7. The molecule has 2 rings (SSSR count). The molecule has 0 unspecified atom stereocenters. The normalized spacial score (nSPS) is 25.7. The molecule has 1 aromatic heterocycles. The molecule has 0 saturated carbocycles. The maximum atomic E-state index is 12.1. The lowest BCUT2D eigenvalue weighted by Gasteiger charge is -2.22. The van der Waals surface area contributed by atoms with Crippen LogP contribution in [-0.2, 0) is 18.9 Å². The Morgan fingerprint density at radius 1 is 1.23 bits per heavy atom. The molecule has 0 bridgehead atoms. The van der Waals surface area contributed by atoms with Crippen molar-refractivity contribution < 1.29 is 29.2 Å². The van der Waals surface area contributed by atoms with Crippen molar-refractivity contribution in [2.75, 3.05) is 39.6 Å². The van der Waals surface area contributed by atoms with E-state index in [9.17, 15) is 19.8 Å². The second-order valence-corrected chi connectivity index (χ2v) is 5.86. The van der Waals surface area contributed by atoms with Crippen molar-refractivity contribution in [1.29, 1.82) is 0 Å². The second-order valence-electron chi connectivity index (χ2n) is 5.86. The topological polar surface area (TPSA) is 132 Å². The van der Waals surface area contributed by atoms with E-state index < -0.39 is 42.4 Å². The van der Waals surface area contributed by atoms with Gasteiger partial charge in [0.1, 0.15) is 18.3 Å². The molecule has 0 radical (unpaired) electrons. The van der Waals surface area contributed by atoms with Gasteiger partial charge >= 0.3 is 5.69 Å². The van der Waals surface area contributed by atoms with Crippen LogP contribution in [-0.4, -0.2) is 77.7 Å². The van der Waals surface area contributed by atoms with Gasteiger partial charge < -0.3 is 29.2 Å². The number of hydrogen-bond acceptors (Lipinski definition) is 8. The number of rotatable bonds is 10. The molecule has 0 aromatic carbocycles. The fourth-order valence-corrected chi connectivity index (χ4v) is 2.66.